The fourth-order valence-corrected chi connectivity index (χ4v) is 2.26. The van der Waals surface area contributed by atoms with E-state index >= 15 is 0 Å². The maximum Gasteiger partial charge on any atom is 0.0683 e. The molecule has 0 aliphatic carbocycles. The van der Waals surface area contributed by atoms with Crippen molar-refractivity contribution >= 4 is 0 Å². The highest BCUT2D eigenvalue weighted by atomic mass is 16.3. The van der Waals surface area contributed by atoms with Crippen LogP contribution in [0.3, 0.4) is 0 Å². The lowest BCUT2D eigenvalue weighted by atomic mass is 9.85. The fraction of sp³-hybridized carbons (Fsp3) is 0.176. The molecule has 1 N–H and O–H groups in total. The van der Waals surface area contributed by atoms with Crippen LogP contribution in [0.2, 0.25) is 0 Å². The molecule has 0 aliphatic heterocycles. The third-order valence-corrected chi connectivity index (χ3v) is 3.11. The van der Waals surface area contributed by atoms with Gasteiger partial charge in [-0.15, -0.1) is 6.58 Å². The first-order valence-electron chi connectivity index (χ1n) is 6.21. The predicted molar refractivity (Wildman–Crippen MR) is 75.5 cm³/mol. The molecular formula is C17H18O. The fourth-order valence-electron chi connectivity index (χ4n) is 2.26. The molecule has 0 saturated carbocycles. The number of hydrogen-bond acceptors (Lipinski definition) is 1. The minimum Gasteiger partial charge on any atom is -0.392 e. The van der Waals surface area contributed by atoms with Crippen LogP contribution >= 0.6 is 0 Å². The molecule has 1 nitrogen and oxygen atoms in total. The van der Waals surface area contributed by atoms with Gasteiger partial charge in [0, 0.05) is 5.92 Å². The molecule has 0 fully saturated rings. The lowest BCUT2D eigenvalue weighted by molar-refractivity contribution is 0.160. The van der Waals surface area contributed by atoms with E-state index in [1.807, 2.05) is 36.4 Å². The van der Waals surface area contributed by atoms with Crippen molar-refractivity contribution in [2.75, 3.05) is 0 Å². The lowest BCUT2D eigenvalue weighted by Gasteiger charge is -2.23. The molecular weight excluding hydrogens is 220 g/mol. The van der Waals surface area contributed by atoms with Crippen molar-refractivity contribution in [2.24, 2.45) is 0 Å². The SMILES string of the molecule is C=CC[C@H](O)C(c1ccccc1)c1ccccc1. The van der Waals surface area contributed by atoms with Gasteiger partial charge in [-0.2, -0.15) is 0 Å². The van der Waals surface area contributed by atoms with Gasteiger partial charge in [0.2, 0.25) is 0 Å². The molecule has 0 amide bonds. The molecule has 0 saturated heterocycles. The molecule has 0 aliphatic rings. The summed E-state index contributed by atoms with van der Waals surface area (Å²) >= 11 is 0. The molecule has 2 aromatic carbocycles. The highest BCUT2D eigenvalue weighted by Gasteiger charge is 2.21. The molecule has 0 unspecified atom stereocenters. The first kappa shape index (κ1) is 12.6. The van der Waals surface area contributed by atoms with Crippen molar-refractivity contribution in [3.8, 4) is 0 Å². The van der Waals surface area contributed by atoms with E-state index < -0.39 is 6.10 Å². The summed E-state index contributed by atoms with van der Waals surface area (Å²) in [6, 6.07) is 20.2. The predicted octanol–water partition coefficient (Wildman–Crippen LogP) is 3.76. The van der Waals surface area contributed by atoms with Gasteiger partial charge >= 0.3 is 0 Å². The summed E-state index contributed by atoms with van der Waals surface area (Å²) in [6.07, 6.45) is 1.92. The Hall–Kier alpha value is -1.86. The Labute approximate surface area is 108 Å². The van der Waals surface area contributed by atoms with Gasteiger partial charge in [-0.1, -0.05) is 66.7 Å². The van der Waals surface area contributed by atoms with Crippen LogP contribution in [0.4, 0.5) is 0 Å². The summed E-state index contributed by atoms with van der Waals surface area (Å²) in [7, 11) is 0. The van der Waals surface area contributed by atoms with Crippen LogP contribution < -0.4 is 0 Å². The summed E-state index contributed by atoms with van der Waals surface area (Å²) in [6.45, 7) is 3.71. The molecule has 0 aromatic heterocycles. The Morgan fingerprint density at radius 2 is 1.33 bits per heavy atom. The van der Waals surface area contributed by atoms with Crippen LogP contribution in [-0.2, 0) is 0 Å². The summed E-state index contributed by atoms with van der Waals surface area (Å²) in [4.78, 5) is 0. The Morgan fingerprint density at radius 1 is 0.889 bits per heavy atom. The van der Waals surface area contributed by atoms with Crippen molar-refractivity contribution in [1.29, 1.82) is 0 Å². The zero-order chi connectivity index (χ0) is 12.8. The number of aliphatic hydroxyl groups excluding tert-OH is 1. The van der Waals surface area contributed by atoms with Crippen molar-refractivity contribution in [2.45, 2.75) is 18.4 Å². The summed E-state index contributed by atoms with van der Waals surface area (Å²) in [5.41, 5.74) is 2.27. The smallest absolute Gasteiger partial charge is 0.0683 e. The lowest BCUT2D eigenvalue weighted by Crippen LogP contribution is -2.19. The Morgan fingerprint density at radius 3 is 1.72 bits per heavy atom. The summed E-state index contributed by atoms with van der Waals surface area (Å²) in [5.74, 6) is 0.00500. The van der Waals surface area contributed by atoms with Crippen LogP contribution in [0.1, 0.15) is 23.5 Å². The Balaban J connectivity index is 2.38. The monoisotopic (exact) mass is 238 g/mol. The summed E-state index contributed by atoms with van der Waals surface area (Å²) < 4.78 is 0. The second-order valence-electron chi connectivity index (χ2n) is 4.39. The summed E-state index contributed by atoms with van der Waals surface area (Å²) in [5, 5.41) is 10.3. The quantitative estimate of drug-likeness (QED) is 0.786. The van der Waals surface area contributed by atoms with Gasteiger partial charge in [0.05, 0.1) is 6.10 Å². The van der Waals surface area contributed by atoms with E-state index in [0.717, 1.165) is 11.1 Å². The van der Waals surface area contributed by atoms with Crippen LogP contribution in [0.25, 0.3) is 0 Å². The second-order valence-corrected chi connectivity index (χ2v) is 4.39. The van der Waals surface area contributed by atoms with Crippen LogP contribution in [0.5, 0.6) is 0 Å². The van der Waals surface area contributed by atoms with E-state index in [4.69, 9.17) is 0 Å². The standard InChI is InChI=1S/C17H18O/c1-2-9-16(18)17(14-10-5-3-6-11-14)15-12-7-4-8-13-15/h2-8,10-13,16-18H,1,9H2/t16-/m0/s1. The van der Waals surface area contributed by atoms with Crippen LogP contribution in [0, 0.1) is 0 Å². The highest BCUT2D eigenvalue weighted by Crippen LogP contribution is 2.29. The minimum atomic E-state index is -0.438. The molecule has 1 heteroatoms. The van der Waals surface area contributed by atoms with Crippen molar-refractivity contribution in [1.82, 2.24) is 0 Å². The first-order chi connectivity index (χ1) is 8.83. The molecule has 2 rings (SSSR count). The van der Waals surface area contributed by atoms with E-state index in [1.54, 1.807) is 6.08 Å². The van der Waals surface area contributed by atoms with E-state index in [9.17, 15) is 5.11 Å². The third-order valence-electron chi connectivity index (χ3n) is 3.11. The van der Waals surface area contributed by atoms with Gasteiger partial charge in [0.1, 0.15) is 0 Å². The third kappa shape index (κ3) is 2.88. The molecule has 18 heavy (non-hydrogen) atoms. The van der Waals surface area contributed by atoms with Crippen LogP contribution in [0.15, 0.2) is 73.3 Å². The molecule has 0 bridgehead atoms. The van der Waals surface area contributed by atoms with Gasteiger partial charge in [0.25, 0.3) is 0 Å². The van der Waals surface area contributed by atoms with E-state index in [2.05, 4.69) is 30.8 Å². The number of hydrogen-bond donors (Lipinski definition) is 1. The minimum absolute atomic E-state index is 0.00500. The molecule has 0 heterocycles. The molecule has 0 spiro atoms. The van der Waals surface area contributed by atoms with Gasteiger partial charge < -0.3 is 5.11 Å². The van der Waals surface area contributed by atoms with E-state index in [1.165, 1.54) is 0 Å². The molecule has 92 valence electrons. The van der Waals surface area contributed by atoms with Gasteiger partial charge in [-0.25, -0.2) is 0 Å². The Kier molecular flexibility index (Phi) is 4.32. The second kappa shape index (κ2) is 6.18. The van der Waals surface area contributed by atoms with Crippen molar-refractivity contribution < 1.29 is 5.11 Å². The largest absolute Gasteiger partial charge is 0.392 e. The van der Waals surface area contributed by atoms with Gasteiger partial charge in [-0.3, -0.25) is 0 Å². The first-order valence-corrected chi connectivity index (χ1v) is 6.21. The number of benzene rings is 2. The maximum atomic E-state index is 10.3. The zero-order valence-corrected chi connectivity index (χ0v) is 10.4. The number of rotatable bonds is 5. The van der Waals surface area contributed by atoms with E-state index in [-0.39, 0.29) is 5.92 Å². The Bertz CT molecular complexity index is 436. The van der Waals surface area contributed by atoms with Crippen molar-refractivity contribution in [3.05, 3.63) is 84.4 Å². The van der Waals surface area contributed by atoms with Crippen LogP contribution in [-0.4, -0.2) is 11.2 Å². The maximum absolute atomic E-state index is 10.3. The highest BCUT2D eigenvalue weighted by molar-refractivity contribution is 5.33. The average Bonchev–Trinajstić information content (AvgIpc) is 2.42. The topological polar surface area (TPSA) is 20.2 Å². The van der Waals surface area contributed by atoms with Gasteiger partial charge in [-0.05, 0) is 17.5 Å². The van der Waals surface area contributed by atoms with Crippen molar-refractivity contribution in [3.63, 3.8) is 0 Å². The number of aliphatic hydroxyl groups is 1. The molecule has 2 aromatic rings. The molecule has 0 radical (unpaired) electrons. The van der Waals surface area contributed by atoms with Gasteiger partial charge in [0.15, 0.2) is 0 Å². The molecule has 1 atom stereocenters. The van der Waals surface area contributed by atoms with E-state index in [0.29, 0.717) is 6.42 Å². The average molecular weight is 238 g/mol. The normalized spacial score (nSPS) is 12.3. The zero-order valence-electron chi connectivity index (χ0n) is 10.4.